The van der Waals surface area contributed by atoms with E-state index in [9.17, 15) is 9.59 Å². The average Bonchev–Trinajstić information content (AvgIpc) is 3.10. The van der Waals surface area contributed by atoms with Gasteiger partial charge in [0.05, 0.1) is 5.56 Å². The van der Waals surface area contributed by atoms with Gasteiger partial charge in [0.2, 0.25) is 5.78 Å². The number of carbonyl (C=O) groups is 2. The predicted molar refractivity (Wildman–Crippen MR) is 121 cm³/mol. The molecule has 1 aliphatic heterocycles. The van der Waals surface area contributed by atoms with Gasteiger partial charge in [-0.3, -0.25) is 9.59 Å². The van der Waals surface area contributed by atoms with Gasteiger partial charge in [0.15, 0.2) is 18.1 Å². The van der Waals surface area contributed by atoms with E-state index in [1.807, 2.05) is 31.2 Å². The Bertz CT molecular complexity index is 1180. The van der Waals surface area contributed by atoms with Crippen LogP contribution in [0, 0.1) is 6.92 Å². The molecule has 0 saturated carbocycles. The number of carbonyl (C=O) groups excluding carboxylic acids is 2. The van der Waals surface area contributed by atoms with Crippen LogP contribution in [0.25, 0.3) is 6.08 Å². The topological polar surface area (TPSA) is 52.6 Å². The van der Waals surface area contributed by atoms with Crippen molar-refractivity contribution in [1.29, 1.82) is 0 Å². The van der Waals surface area contributed by atoms with Crippen LogP contribution in [-0.4, -0.2) is 18.2 Å². The molecule has 0 radical (unpaired) electrons. The van der Waals surface area contributed by atoms with Crippen LogP contribution in [0.3, 0.4) is 0 Å². The van der Waals surface area contributed by atoms with E-state index in [1.165, 1.54) is 5.56 Å². The van der Waals surface area contributed by atoms with Gasteiger partial charge >= 0.3 is 0 Å². The number of aryl methyl sites for hydroxylation is 1. The summed E-state index contributed by atoms with van der Waals surface area (Å²) < 4.78 is 11.6. The highest BCUT2D eigenvalue weighted by Gasteiger charge is 2.30. The quantitative estimate of drug-likeness (QED) is 0.349. The second kappa shape index (κ2) is 8.78. The highest BCUT2D eigenvalue weighted by atomic mass is 35.5. The zero-order valence-electron chi connectivity index (χ0n) is 17.3. The van der Waals surface area contributed by atoms with Crippen molar-refractivity contribution in [2.45, 2.75) is 20.3 Å². The maximum absolute atomic E-state index is 12.8. The lowest BCUT2D eigenvalue weighted by Crippen LogP contribution is -2.12. The van der Waals surface area contributed by atoms with E-state index >= 15 is 0 Å². The third-order valence-corrected chi connectivity index (χ3v) is 5.50. The van der Waals surface area contributed by atoms with Crippen molar-refractivity contribution >= 4 is 29.2 Å². The first-order chi connectivity index (χ1) is 15.0. The molecular formula is C26H21ClO4. The first-order valence-corrected chi connectivity index (χ1v) is 10.4. The average molecular weight is 433 g/mol. The summed E-state index contributed by atoms with van der Waals surface area (Å²) in [6.07, 6.45) is 2.70. The molecule has 0 aromatic heterocycles. The van der Waals surface area contributed by atoms with Gasteiger partial charge in [0.1, 0.15) is 11.5 Å². The molecule has 0 atom stereocenters. The molecule has 4 nitrogen and oxygen atoms in total. The van der Waals surface area contributed by atoms with E-state index in [-0.39, 0.29) is 23.9 Å². The molecule has 3 aromatic rings. The summed E-state index contributed by atoms with van der Waals surface area (Å²) in [7, 11) is 0. The van der Waals surface area contributed by atoms with Crippen molar-refractivity contribution < 1.29 is 19.1 Å². The second-order valence-electron chi connectivity index (χ2n) is 7.32. The van der Waals surface area contributed by atoms with Crippen molar-refractivity contribution in [1.82, 2.24) is 0 Å². The number of rotatable bonds is 6. The zero-order valence-corrected chi connectivity index (χ0v) is 18.0. The predicted octanol–water partition coefficient (Wildman–Crippen LogP) is 6.09. The van der Waals surface area contributed by atoms with Gasteiger partial charge in [-0.05, 0) is 66.9 Å². The Morgan fingerprint density at radius 2 is 1.74 bits per heavy atom. The molecule has 0 aliphatic carbocycles. The maximum atomic E-state index is 12.8. The Morgan fingerprint density at radius 3 is 2.42 bits per heavy atom. The van der Waals surface area contributed by atoms with Crippen molar-refractivity contribution in [3.05, 3.63) is 99.3 Å². The van der Waals surface area contributed by atoms with E-state index < -0.39 is 0 Å². The number of hydrogen-bond donors (Lipinski definition) is 0. The molecule has 0 unspecified atom stereocenters. The molecule has 3 aromatic carbocycles. The van der Waals surface area contributed by atoms with Crippen LogP contribution in [-0.2, 0) is 6.42 Å². The third kappa shape index (κ3) is 4.39. The molecule has 0 N–H and O–H groups in total. The molecule has 0 saturated heterocycles. The van der Waals surface area contributed by atoms with E-state index in [2.05, 4.69) is 6.92 Å². The van der Waals surface area contributed by atoms with Crippen LogP contribution in [0.15, 0.2) is 66.4 Å². The summed E-state index contributed by atoms with van der Waals surface area (Å²) in [4.78, 5) is 25.1. The summed E-state index contributed by atoms with van der Waals surface area (Å²) in [6, 6.07) is 18.0. The van der Waals surface area contributed by atoms with E-state index in [0.29, 0.717) is 33.2 Å². The Balaban J connectivity index is 1.51. The molecule has 5 heteroatoms. The summed E-state index contributed by atoms with van der Waals surface area (Å²) in [5, 5.41) is 0.568. The monoisotopic (exact) mass is 432 g/mol. The minimum absolute atomic E-state index is 0.123. The third-order valence-electron chi connectivity index (χ3n) is 5.25. The number of halogens is 1. The van der Waals surface area contributed by atoms with Gasteiger partial charge in [-0.25, -0.2) is 0 Å². The Labute approximate surface area is 186 Å². The first-order valence-electron chi connectivity index (χ1n) is 10.0. The van der Waals surface area contributed by atoms with Gasteiger partial charge in [-0.2, -0.15) is 0 Å². The Hall–Kier alpha value is -3.37. The van der Waals surface area contributed by atoms with Gasteiger partial charge < -0.3 is 9.47 Å². The highest BCUT2D eigenvalue weighted by molar-refractivity contribution is 6.30. The summed E-state index contributed by atoms with van der Waals surface area (Å²) in [5.74, 6) is 0.920. The van der Waals surface area contributed by atoms with Gasteiger partial charge in [0.25, 0.3) is 0 Å². The minimum atomic E-state index is -0.165. The van der Waals surface area contributed by atoms with Crippen molar-refractivity contribution in [3.63, 3.8) is 0 Å². The molecular weight excluding hydrogens is 412 g/mol. The van der Waals surface area contributed by atoms with Crippen LogP contribution in [0.5, 0.6) is 11.5 Å². The van der Waals surface area contributed by atoms with E-state index in [0.717, 1.165) is 12.0 Å². The molecule has 0 amide bonds. The van der Waals surface area contributed by atoms with Crippen LogP contribution in [0.2, 0.25) is 5.02 Å². The number of allylic oxidation sites excluding steroid dienone is 1. The number of fused-ring (bicyclic) bond motifs is 1. The SMILES string of the molecule is CCc1ccc(/C=C2\Oc3c(ccc(OCC(=O)c4ccc(Cl)cc4)c3C)C2=O)cc1. The number of Topliss-reactive ketones (excluding diaryl/α,β-unsaturated/α-hetero) is 2. The van der Waals surface area contributed by atoms with Crippen LogP contribution >= 0.6 is 11.6 Å². The van der Waals surface area contributed by atoms with Crippen molar-refractivity contribution in [2.75, 3.05) is 6.61 Å². The van der Waals surface area contributed by atoms with Gasteiger partial charge in [-0.15, -0.1) is 0 Å². The van der Waals surface area contributed by atoms with E-state index in [1.54, 1.807) is 42.5 Å². The fourth-order valence-corrected chi connectivity index (χ4v) is 3.51. The molecule has 0 spiro atoms. The lowest BCUT2D eigenvalue weighted by Gasteiger charge is -2.11. The molecule has 156 valence electrons. The number of ether oxygens (including phenoxy) is 2. The smallest absolute Gasteiger partial charge is 0.231 e. The highest BCUT2D eigenvalue weighted by Crippen LogP contribution is 2.39. The molecule has 31 heavy (non-hydrogen) atoms. The number of hydrogen-bond acceptors (Lipinski definition) is 4. The van der Waals surface area contributed by atoms with E-state index in [4.69, 9.17) is 21.1 Å². The Kier molecular flexibility index (Phi) is 5.92. The number of ketones is 2. The van der Waals surface area contributed by atoms with Gasteiger partial charge in [0, 0.05) is 16.1 Å². The molecule has 0 fully saturated rings. The summed E-state index contributed by atoms with van der Waals surface area (Å²) in [5.41, 5.74) is 3.82. The van der Waals surface area contributed by atoms with Crippen molar-refractivity contribution in [2.24, 2.45) is 0 Å². The lowest BCUT2D eigenvalue weighted by molar-refractivity contribution is 0.0920. The molecule has 0 bridgehead atoms. The summed E-state index contributed by atoms with van der Waals surface area (Å²) in [6.45, 7) is 3.79. The standard InChI is InChI=1S/C26H21ClO4/c1-3-17-4-6-18(7-5-17)14-24-25(29)21-12-13-23(16(2)26(21)31-24)30-15-22(28)19-8-10-20(27)11-9-19/h4-14H,3,15H2,1-2H3/b24-14-. The molecule has 1 aliphatic rings. The Morgan fingerprint density at radius 1 is 1.03 bits per heavy atom. The fourth-order valence-electron chi connectivity index (χ4n) is 3.39. The summed E-state index contributed by atoms with van der Waals surface area (Å²) >= 11 is 5.86. The van der Waals surface area contributed by atoms with Crippen LogP contribution < -0.4 is 9.47 Å². The zero-order chi connectivity index (χ0) is 22.0. The minimum Gasteiger partial charge on any atom is -0.485 e. The number of benzene rings is 3. The van der Waals surface area contributed by atoms with Crippen molar-refractivity contribution in [3.8, 4) is 11.5 Å². The normalized spacial score (nSPS) is 13.8. The van der Waals surface area contributed by atoms with Crippen LogP contribution in [0.4, 0.5) is 0 Å². The lowest BCUT2D eigenvalue weighted by atomic mass is 10.0. The molecule has 4 rings (SSSR count). The first kappa shape index (κ1) is 20.9. The van der Waals surface area contributed by atoms with Gasteiger partial charge in [-0.1, -0.05) is 42.8 Å². The largest absolute Gasteiger partial charge is 0.485 e. The maximum Gasteiger partial charge on any atom is 0.231 e. The fraction of sp³-hybridized carbons (Fsp3) is 0.154. The molecule has 1 heterocycles. The second-order valence-corrected chi connectivity index (χ2v) is 7.76. The van der Waals surface area contributed by atoms with Crippen LogP contribution in [0.1, 0.15) is 44.3 Å².